The van der Waals surface area contributed by atoms with E-state index in [2.05, 4.69) is 75.5 Å². The molecule has 0 atom stereocenters. The Labute approximate surface area is 263 Å². The summed E-state index contributed by atoms with van der Waals surface area (Å²) in [6.07, 6.45) is 1.72. The molecule has 46 heavy (non-hydrogen) atoms. The van der Waals surface area contributed by atoms with Gasteiger partial charge in [0.2, 0.25) is 11.8 Å². The highest BCUT2D eigenvalue weighted by atomic mass is 16.4. The number of hydrogen-bond donors (Lipinski definition) is 0. The highest BCUT2D eigenvalue weighted by molar-refractivity contribution is 5.85. The van der Waals surface area contributed by atoms with Crippen molar-refractivity contribution in [3.63, 3.8) is 0 Å². The van der Waals surface area contributed by atoms with Gasteiger partial charge in [-0.25, -0.2) is 9.97 Å². The van der Waals surface area contributed by atoms with Crippen LogP contribution in [0.1, 0.15) is 0 Å². The van der Waals surface area contributed by atoms with E-state index >= 15 is 0 Å². The van der Waals surface area contributed by atoms with Crippen molar-refractivity contribution in [3.8, 4) is 34.0 Å². The third kappa shape index (κ3) is 4.60. The van der Waals surface area contributed by atoms with Crippen molar-refractivity contribution in [1.29, 1.82) is 0 Å². The van der Waals surface area contributed by atoms with Crippen LogP contribution in [0.3, 0.4) is 0 Å². The predicted octanol–water partition coefficient (Wildman–Crippen LogP) is 11.2. The molecule has 9 aromatic rings. The second-order valence-corrected chi connectivity index (χ2v) is 11.1. The zero-order valence-corrected chi connectivity index (χ0v) is 24.5. The molecule has 6 nitrogen and oxygen atoms in total. The molecule has 0 fully saturated rings. The van der Waals surface area contributed by atoms with E-state index in [1.165, 1.54) is 0 Å². The fourth-order valence-corrected chi connectivity index (χ4v) is 5.89. The Balaban J connectivity index is 1.09. The van der Waals surface area contributed by atoms with E-state index in [4.69, 9.17) is 13.3 Å². The third-order valence-electron chi connectivity index (χ3n) is 8.24. The molecule has 218 valence electrons. The van der Waals surface area contributed by atoms with Crippen LogP contribution in [0.25, 0.3) is 67.2 Å². The largest absolute Gasteiger partial charge is 0.464 e. The van der Waals surface area contributed by atoms with E-state index in [0.717, 1.165) is 72.5 Å². The monoisotopic (exact) mass is 595 g/mol. The van der Waals surface area contributed by atoms with Crippen molar-refractivity contribution in [2.24, 2.45) is 0 Å². The van der Waals surface area contributed by atoms with Crippen molar-refractivity contribution in [2.45, 2.75) is 0 Å². The molecule has 3 heterocycles. The lowest BCUT2D eigenvalue weighted by atomic mass is 10.0. The summed E-state index contributed by atoms with van der Waals surface area (Å²) in [5, 5.41) is 1.08. The molecule has 0 aliphatic rings. The second-order valence-electron chi connectivity index (χ2n) is 11.1. The summed E-state index contributed by atoms with van der Waals surface area (Å²) in [6.45, 7) is 0. The normalized spacial score (nSPS) is 11.5. The van der Waals surface area contributed by atoms with Crippen LogP contribution in [-0.4, -0.2) is 9.97 Å². The Kier molecular flexibility index (Phi) is 6.03. The lowest BCUT2D eigenvalue weighted by Gasteiger charge is -2.26. The standard InChI is InChI=1S/C40H25N3O3/c1-3-7-37-34(5-1)41-39(45-37)27-11-18-32(19-12-27)43(31-16-9-26(10-17-31)29-15-22-36-30(25-29)23-24-44-36)33-20-13-28(14-21-33)40-42-35-6-2-4-8-38(35)46-40/h1-25H. The molecule has 0 saturated carbocycles. The van der Waals surface area contributed by atoms with Gasteiger partial charge in [-0.2, -0.15) is 0 Å². The Morgan fingerprint density at radius 1 is 0.413 bits per heavy atom. The van der Waals surface area contributed by atoms with Crippen molar-refractivity contribution < 1.29 is 13.3 Å². The van der Waals surface area contributed by atoms with Gasteiger partial charge in [-0.15, -0.1) is 0 Å². The van der Waals surface area contributed by atoms with Crippen molar-refractivity contribution in [2.75, 3.05) is 4.90 Å². The molecule has 0 N–H and O–H groups in total. The number of anilines is 3. The van der Waals surface area contributed by atoms with Crippen molar-refractivity contribution in [1.82, 2.24) is 9.97 Å². The fourth-order valence-electron chi connectivity index (χ4n) is 5.89. The van der Waals surface area contributed by atoms with Gasteiger partial charge in [-0.1, -0.05) is 42.5 Å². The molecule has 0 aliphatic carbocycles. The van der Waals surface area contributed by atoms with E-state index in [1.807, 2.05) is 84.9 Å². The van der Waals surface area contributed by atoms with E-state index in [0.29, 0.717) is 11.8 Å². The predicted molar refractivity (Wildman–Crippen MR) is 182 cm³/mol. The minimum atomic E-state index is 0.598. The van der Waals surface area contributed by atoms with Gasteiger partial charge < -0.3 is 18.2 Å². The van der Waals surface area contributed by atoms with E-state index in [1.54, 1.807) is 6.26 Å². The molecular formula is C40H25N3O3. The van der Waals surface area contributed by atoms with Crippen molar-refractivity contribution in [3.05, 3.63) is 152 Å². The zero-order chi connectivity index (χ0) is 30.5. The molecule has 3 aromatic heterocycles. The summed E-state index contributed by atoms with van der Waals surface area (Å²) in [6, 6.07) is 49.1. The van der Waals surface area contributed by atoms with Crippen LogP contribution in [-0.2, 0) is 0 Å². The molecule has 6 aromatic carbocycles. The maximum atomic E-state index is 6.03. The molecule has 0 aliphatic heterocycles. The molecular weight excluding hydrogens is 570 g/mol. The van der Waals surface area contributed by atoms with Gasteiger partial charge in [0.15, 0.2) is 11.2 Å². The topological polar surface area (TPSA) is 68.4 Å². The average Bonchev–Trinajstić information content (AvgIpc) is 3.87. The third-order valence-corrected chi connectivity index (χ3v) is 8.24. The Morgan fingerprint density at radius 3 is 1.41 bits per heavy atom. The Hall–Kier alpha value is -6.40. The van der Waals surface area contributed by atoms with Crippen LogP contribution in [0.15, 0.2) is 165 Å². The van der Waals surface area contributed by atoms with Crippen LogP contribution in [0.4, 0.5) is 17.1 Å². The first kappa shape index (κ1) is 26.0. The first-order valence-corrected chi connectivity index (χ1v) is 15.1. The Morgan fingerprint density at radius 2 is 0.891 bits per heavy atom. The van der Waals surface area contributed by atoms with Crippen LogP contribution in [0.2, 0.25) is 0 Å². The first-order chi connectivity index (χ1) is 22.7. The van der Waals surface area contributed by atoms with Gasteiger partial charge in [0, 0.05) is 33.6 Å². The number of benzene rings is 6. The summed E-state index contributed by atoms with van der Waals surface area (Å²) in [7, 11) is 0. The number of para-hydroxylation sites is 4. The summed E-state index contributed by atoms with van der Waals surface area (Å²) in [4.78, 5) is 11.6. The lowest BCUT2D eigenvalue weighted by Crippen LogP contribution is -2.09. The number of rotatable bonds is 6. The Bertz CT molecular complexity index is 2220. The number of furan rings is 1. The average molecular weight is 596 g/mol. The highest BCUT2D eigenvalue weighted by Crippen LogP contribution is 2.38. The summed E-state index contributed by atoms with van der Waals surface area (Å²) in [5.41, 5.74) is 11.2. The number of aromatic nitrogens is 2. The zero-order valence-electron chi connectivity index (χ0n) is 24.5. The van der Waals surface area contributed by atoms with E-state index < -0.39 is 0 Å². The second kappa shape index (κ2) is 10.6. The maximum absolute atomic E-state index is 6.03. The number of nitrogens with zero attached hydrogens (tertiary/aromatic N) is 3. The molecule has 0 saturated heterocycles. The molecule has 0 spiro atoms. The van der Waals surface area contributed by atoms with Gasteiger partial charge in [-0.05, 0) is 114 Å². The van der Waals surface area contributed by atoms with Crippen LogP contribution in [0.5, 0.6) is 0 Å². The molecule has 0 amide bonds. The minimum absolute atomic E-state index is 0.598. The fraction of sp³-hybridized carbons (Fsp3) is 0. The molecule has 9 rings (SSSR count). The van der Waals surface area contributed by atoms with Crippen LogP contribution >= 0.6 is 0 Å². The van der Waals surface area contributed by atoms with E-state index in [-0.39, 0.29) is 0 Å². The minimum Gasteiger partial charge on any atom is -0.464 e. The smallest absolute Gasteiger partial charge is 0.227 e. The van der Waals surface area contributed by atoms with Crippen LogP contribution < -0.4 is 4.90 Å². The quantitative estimate of drug-likeness (QED) is 0.190. The van der Waals surface area contributed by atoms with Gasteiger partial charge in [0.05, 0.1) is 6.26 Å². The summed E-state index contributed by atoms with van der Waals surface area (Å²) >= 11 is 0. The van der Waals surface area contributed by atoms with Crippen molar-refractivity contribution >= 4 is 50.2 Å². The van der Waals surface area contributed by atoms with Gasteiger partial charge in [0.1, 0.15) is 16.6 Å². The first-order valence-electron chi connectivity index (χ1n) is 15.1. The van der Waals surface area contributed by atoms with Gasteiger partial charge >= 0.3 is 0 Å². The number of fused-ring (bicyclic) bond motifs is 3. The van der Waals surface area contributed by atoms with E-state index in [9.17, 15) is 0 Å². The number of hydrogen-bond acceptors (Lipinski definition) is 6. The van der Waals surface area contributed by atoms with Gasteiger partial charge in [0.25, 0.3) is 0 Å². The maximum Gasteiger partial charge on any atom is 0.227 e. The van der Waals surface area contributed by atoms with Crippen LogP contribution in [0, 0.1) is 0 Å². The molecule has 6 heteroatoms. The summed E-state index contributed by atoms with van der Waals surface area (Å²) in [5.74, 6) is 1.20. The summed E-state index contributed by atoms with van der Waals surface area (Å²) < 4.78 is 17.6. The lowest BCUT2D eigenvalue weighted by molar-refractivity contribution is 0.616. The number of oxazole rings is 2. The van der Waals surface area contributed by atoms with Gasteiger partial charge in [-0.3, -0.25) is 0 Å². The molecule has 0 radical (unpaired) electrons. The molecule has 0 bridgehead atoms. The SMILES string of the molecule is c1ccc2oc(-c3ccc(N(c4ccc(-c5ccc6occc6c5)cc4)c4ccc(-c5nc6ccccc6o5)cc4)cc3)nc2c1. The highest BCUT2D eigenvalue weighted by Gasteiger charge is 2.16. The molecule has 0 unspecified atom stereocenters.